The summed E-state index contributed by atoms with van der Waals surface area (Å²) in [5.74, 6) is 0.194. The van der Waals surface area contributed by atoms with Crippen molar-refractivity contribution in [2.45, 2.75) is 11.4 Å². The molecule has 0 atom stereocenters. The van der Waals surface area contributed by atoms with Gasteiger partial charge in [0.2, 0.25) is 0 Å². The first-order valence-electron chi connectivity index (χ1n) is 6.55. The summed E-state index contributed by atoms with van der Waals surface area (Å²) in [7, 11) is 1.59. The topological polar surface area (TPSA) is 83.2 Å². The predicted molar refractivity (Wildman–Crippen MR) is 83.9 cm³/mol. The summed E-state index contributed by atoms with van der Waals surface area (Å²) >= 11 is 1.27. The number of benzene rings is 1. The third kappa shape index (κ3) is 3.77. The highest BCUT2D eigenvalue weighted by Gasteiger charge is 2.11. The second-order valence-electron chi connectivity index (χ2n) is 4.35. The Kier molecular flexibility index (Phi) is 5.39. The van der Waals surface area contributed by atoms with Crippen LogP contribution in [0, 0.1) is 11.3 Å². The molecule has 1 N–H and O–H groups in total. The van der Waals surface area contributed by atoms with Crippen LogP contribution in [0.3, 0.4) is 0 Å². The predicted octanol–water partition coefficient (Wildman–Crippen LogP) is 3.20. The largest absolute Gasteiger partial charge is 0.496 e. The van der Waals surface area contributed by atoms with E-state index in [9.17, 15) is 4.79 Å². The van der Waals surface area contributed by atoms with Gasteiger partial charge in [-0.25, -0.2) is 4.98 Å². The van der Waals surface area contributed by atoms with E-state index in [2.05, 4.69) is 11.1 Å². The summed E-state index contributed by atoms with van der Waals surface area (Å²) in [5, 5.41) is 18.4. The van der Waals surface area contributed by atoms with Crippen molar-refractivity contribution in [3.8, 4) is 23.1 Å². The number of thioether (sulfide) groups is 1. The second kappa shape index (κ2) is 7.48. The van der Waals surface area contributed by atoms with Gasteiger partial charge in [0.15, 0.2) is 0 Å². The molecule has 1 aromatic carbocycles. The van der Waals surface area contributed by atoms with Crippen molar-refractivity contribution in [1.29, 1.82) is 5.26 Å². The molecular weight excluding hydrogens is 300 g/mol. The maximum absolute atomic E-state index is 10.6. The van der Waals surface area contributed by atoms with E-state index in [-0.39, 0.29) is 6.42 Å². The number of nitriles is 1. The van der Waals surface area contributed by atoms with Crippen LogP contribution in [-0.2, 0) is 4.79 Å². The molecule has 1 heterocycles. The van der Waals surface area contributed by atoms with Gasteiger partial charge in [0.05, 0.1) is 24.8 Å². The van der Waals surface area contributed by atoms with Gasteiger partial charge < -0.3 is 9.84 Å². The number of hydrogen-bond acceptors (Lipinski definition) is 5. The highest BCUT2D eigenvalue weighted by molar-refractivity contribution is 7.99. The normalized spacial score (nSPS) is 10.0. The van der Waals surface area contributed by atoms with Crippen LogP contribution in [0.5, 0.6) is 5.75 Å². The molecule has 0 spiro atoms. The van der Waals surface area contributed by atoms with Crippen LogP contribution in [0.25, 0.3) is 11.3 Å². The number of rotatable bonds is 6. The number of carboxylic acids is 1. The number of methoxy groups -OCH3 is 1. The average Bonchev–Trinajstić information content (AvgIpc) is 2.54. The monoisotopic (exact) mass is 314 g/mol. The smallest absolute Gasteiger partial charge is 0.304 e. The summed E-state index contributed by atoms with van der Waals surface area (Å²) in [4.78, 5) is 15.1. The first kappa shape index (κ1) is 15.9. The van der Waals surface area contributed by atoms with Crippen molar-refractivity contribution in [2.24, 2.45) is 0 Å². The summed E-state index contributed by atoms with van der Waals surface area (Å²) in [6.45, 7) is 0. The Hall–Kier alpha value is -2.52. The van der Waals surface area contributed by atoms with Crippen molar-refractivity contribution >= 4 is 17.7 Å². The van der Waals surface area contributed by atoms with Gasteiger partial charge in [-0.15, -0.1) is 11.8 Å². The lowest BCUT2D eigenvalue weighted by molar-refractivity contribution is -0.136. The van der Waals surface area contributed by atoms with Crippen LogP contribution in [0.2, 0.25) is 0 Å². The van der Waals surface area contributed by atoms with Gasteiger partial charge in [0.1, 0.15) is 16.8 Å². The highest BCUT2D eigenvalue weighted by atomic mass is 32.2. The van der Waals surface area contributed by atoms with Crippen molar-refractivity contribution in [3.05, 3.63) is 42.0 Å². The van der Waals surface area contributed by atoms with Gasteiger partial charge in [-0.05, 0) is 24.3 Å². The second-order valence-corrected chi connectivity index (χ2v) is 5.44. The van der Waals surface area contributed by atoms with Crippen LogP contribution in [0.4, 0.5) is 0 Å². The minimum absolute atomic E-state index is 0.0239. The number of carboxylic acid groups (broad SMARTS) is 1. The zero-order chi connectivity index (χ0) is 15.9. The van der Waals surface area contributed by atoms with E-state index in [1.165, 1.54) is 11.8 Å². The summed E-state index contributed by atoms with van der Waals surface area (Å²) in [6, 6.07) is 13.0. The van der Waals surface area contributed by atoms with Crippen LogP contribution in [0.1, 0.15) is 12.0 Å². The fourth-order valence-corrected chi connectivity index (χ4v) is 2.78. The Morgan fingerprint density at radius 2 is 2.14 bits per heavy atom. The zero-order valence-corrected chi connectivity index (χ0v) is 12.8. The molecule has 0 bridgehead atoms. The number of nitrogens with zero attached hydrogens (tertiary/aromatic N) is 2. The molecule has 0 aliphatic rings. The van der Waals surface area contributed by atoms with Crippen molar-refractivity contribution in [3.63, 3.8) is 0 Å². The zero-order valence-electron chi connectivity index (χ0n) is 11.9. The van der Waals surface area contributed by atoms with Crippen LogP contribution >= 0.6 is 11.8 Å². The van der Waals surface area contributed by atoms with Gasteiger partial charge >= 0.3 is 5.97 Å². The fourth-order valence-electron chi connectivity index (χ4n) is 1.88. The van der Waals surface area contributed by atoms with Crippen LogP contribution < -0.4 is 4.74 Å². The molecule has 0 unspecified atom stereocenters. The Morgan fingerprint density at radius 3 is 2.82 bits per heavy atom. The Balaban J connectivity index is 2.34. The lowest BCUT2D eigenvalue weighted by Crippen LogP contribution is -1.98. The first-order chi connectivity index (χ1) is 10.7. The SMILES string of the molecule is COc1ccccc1-c1ccc(C#N)c(SCCC(=O)O)n1. The third-order valence-corrected chi connectivity index (χ3v) is 3.91. The number of para-hydroxylation sites is 1. The first-order valence-corrected chi connectivity index (χ1v) is 7.53. The van der Waals surface area contributed by atoms with E-state index in [1.807, 2.05) is 24.3 Å². The molecule has 2 rings (SSSR count). The molecular formula is C16H14N2O3S. The molecule has 6 heteroatoms. The van der Waals surface area contributed by atoms with Gasteiger partial charge in [0, 0.05) is 11.3 Å². The number of aliphatic carboxylic acids is 1. The Bertz CT molecular complexity index is 726. The quantitative estimate of drug-likeness (QED) is 0.824. The number of pyridine rings is 1. The number of hydrogen-bond donors (Lipinski definition) is 1. The van der Waals surface area contributed by atoms with E-state index < -0.39 is 5.97 Å². The molecule has 0 fully saturated rings. The fraction of sp³-hybridized carbons (Fsp3) is 0.188. The molecule has 0 aliphatic carbocycles. The van der Waals surface area contributed by atoms with Crippen molar-refractivity contribution < 1.29 is 14.6 Å². The molecule has 5 nitrogen and oxygen atoms in total. The lowest BCUT2D eigenvalue weighted by atomic mass is 10.1. The van der Waals surface area contributed by atoms with Crippen LogP contribution in [-0.4, -0.2) is 28.9 Å². The Morgan fingerprint density at radius 1 is 1.36 bits per heavy atom. The number of carbonyl (C=O) groups is 1. The molecule has 0 radical (unpaired) electrons. The molecule has 112 valence electrons. The van der Waals surface area contributed by atoms with E-state index >= 15 is 0 Å². The highest BCUT2D eigenvalue weighted by Crippen LogP contribution is 2.31. The Labute approximate surface area is 132 Å². The maximum Gasteiger partial charge on any atom is 0.304 e. The van der Waals surface area contributed by atoms with E-state index in [0.29, 0.717) is 27.8 Å². The van der Waals surface area contributed by atoms with Gasteiger partial charge in [-0.2, -0.15) is 5.26 Å². The average molecular weight is 314 g/mol. The molecule has 0 amide bonds. The van der Waals surface area contributed by atoms with Crippen molar-refractivity contribution in [2.75, 3.05) is 12.9 Å². The number of ether oxygens (including phenoxy) is 1. The van der Waals surface area contributed by atoms with E-state index in [4.69, 9.17) is 15.1 Å². The lowest BCUT2D eigenvalue weighted by Gasteiger charge is -2.09. The molecule has 0 saturated heterocycles. The maximum atomic E-state index is 10.6. The molecule has 0 aliphatic heterocycles. The minimum atomic E-state index is -0.869. The van der Waals surface area contributed by atoms with Crippen molar-refractivity contribution in [1.82, 2.24) is 4.98 Å². The summed E-state index contributed by atoms with van der Waals surface area (Å²) in [6.07, 6.45) is 0.0239. The van der Waals surface area contributed by atoms with E-state index in [0.717, 1.165) is 5.56 Å². The third-order valence-electron chi connectivity index (χ3n) is 2.92. The minimum Gasteiger partial charge on any atom is -0.496 e. The molecule has 1 aromatic heterocycles. The molecule has 0 saturated carbocycles. The van der Waals surface area contributed by atoms with Crippen LogP contribution in [0.15, 0.2) is 41.4 Å². The number of aromatic nitrogens is 1. The van der Waals surface area contributed by atoms with E-state index in [1.54, 1.807) is 19.2 Å². The standard InChI is InChI=1S/C16H14N2O3S/c1-21-14-5-3-2-4-12(14)13-7-6-11(10-17)16(18-13)22-9-8-15(19)20/h2-7H,8-9H2,1H3,(H,19,20). The van der Waals surface area contributed by atoms with Gasteiger partial charge in [0.25, 0.3) is 0 Å². The van der Waals surface area contributed by atoms with Gasteiger partial charge in [-0.1, -0.05) is 12.1 Å². The van der Waals surface area contributed by atoms with Gasteiger partial charge in [-0.3, -0.25) is 4.79 Å². The molecule has 2 aromatic rings. The molecule has 22 heavy (non-hydrogen) atoms. The summed E-state index contributed by atoms with van der Waals surface area (Å²) < 4.78 is 5.32. The summed E-state index contributed by atoms with van der Waals surface area (Å²) in [5.41, 5.74) is 1.96.